The van der Waals surface area contributed by atoms with Crippen LogP contribution in [-0.4, -0.2) is 42.1 Å². The fraction of sp³-hybridized carbons (Fsp3) is 1.00. The van der Waals surface area contributed by atoms with Crippen molar-refractivity contribution in [2.24, 2.45) is 0 Å². The van der Waals surface area contributed by atoms with Gasteiger partial charge in [-0.05, 0) is 6.92 Å². The van der Waals surface area contributed by atoms with Crippen molar-refractivity contribution in [1.82, 2.24) is 0 Å². The van der Waals surface area contributed by atoms with Gasteiger partial charge in [0.15, 0.2) is 6.10 Å². The van der Waals surface area contributed by atoms with Crippen molar-refractivity contribution in [2.75, 3.05) is 0 Å². The molecule has 1 fully saturated rings. The molecule has 0 bridgehead atoms. The van der Waals surface area contributed by atoms with Crippen LogP contribution >= 0.6 is 0 Å². The minimum atomic E-state index is -7.40. The van der Waals surface area contributed by atoms with Gasteiger partial charge in [0, 0.05) is 0 Å². The van der Waals surface area contributed by atoms with Crippen LogP contribution in [0.5, 0.6) is 0 Å². The van der Waals surface area contributed by atoms with Gasteiger partial charge in [-0.2, -0.15) is 43.9 Å². The van der Waals surface area contributed by atoms with E-state index in [1.54, 1.807) is 0 Å². The van der Waals surface area contributed by atoms with Gasteiger partial charge in [-0.25, -0.2) is 4.39 Å². The maximum absolute atomic E-state index is 13.1. The Morgan fingerprint density at radius 1 is 0.700 bits per heavy atom. The maximum atomic E-state index is 13.1. The lowest BCUT2D eigenvalue weighted by Gasteiger charge is -2.39. The molecule has 1 aliphatic heterocycles. The van der Waals surface area contributed by atoms with Crippen molar-refractivity contribution in [3.63, 3.8) is 0 Å². The first kappa shape index (κ1) is 17.2. The summed E-state index contributed by atoms with van der Waals surface area (Å²) < 4.78 is 141. The molecule has 2 unspecified atom stereocenters. The van der Waals surface area contributed by atoms with Crippen LogP contribution < -0.4 is 0 Å². The van der Waals surface area contributed by atoms with Crippen molar-refractivity contribution in [1.29, 1.82) is 0 Å². The molecular formula is C8H5F11O. The lowest BCUT2D eigenvalue weighted by Crippen LogP contribution is -2.71. The lowest BCUT2D eigenvalue weighted by atomic mass is 9.88. The highest BCUT2D eigenvalue weighted by Crippen LogP contribution is 2.61. The van der Waals surface area contributed by atoms with Crippen molar-refractivity contribution in [3.8, 4) is 0 Å². The second-order valence-corrected chi connectivity index (χ2v) is 4.11. The van der Waals surface area contributed by atoms with Crippen LogP contribution in [0.4, 0.5) is 48.3 Å². The van der Waals surface area contributed by atoms with E-state index in [9.17, 15) is 48.3 Å². The summed E-state index contributed by atoms with van der Waals surface area (Å²) in [6.45, 7) is 0.704. The third kappa shape index (κ3) is 2.02. The van der Waals surface area contributed by atoms with Gasteiger partial charge < -0.3 is 4.74 Å². The summed E-state index contributed by atoms with van der Waals surface area (Å²) in [6, 6.07) is 0. The Morgan fingerprint density at radius 2 is 1.00 bits per heavy atom. The van der Waals surface area contributed by atoms with E-state index < -0.39 is 42.1 Å². The highest BCUT2D eigenvalue weighted by Gasteiger charge is 2.92. The average Bonchev–Trinajstić information content (AvgIpc) is 2.90. The standard InChI is InChI=1S/C8H5F11O/c1-2-3(20-2)4(9,10)6(12,13)5(11,7(14,15)16)8(17,18)19/h2-3H,1H3. The van der Waals surface area contributed by atoms with Gasteiger partial charge in [0.1, 0.15) is 0 Å². The molecule has 1 rings (SSSR count). The zero-order chi connectivity index (χ0) is 16.4. The molecule has 0 aromatic heterocycles. The molecule has 0 spiro atoms. The molecule has 120 valence electrons. The van der Waals surface area contributed by atoms with E-state index in [1.807, 2.05) is 0 Å². The molecule has 2 atom stereocenters. The summed E-state index contributed by atoms with van der Waals surface area (Å²) >= 11 is 0. The normalized spacial score (nSPS) is 25.8. The Labute approximate surface area is 103 Å². The van der Waals surface area contributed by atoms with Crippen LogP contribution in [-0.2, 0) is 4.74 Å². The average molecular weight is 326 g/mol. The van der Waals surface area contributed by atoms with E-state index in [-0.39, 0.29) is 0 Å². The summed E-state index contributed by atoms with van der Waals surface area (Å²) in [5.41, 5.74) is -7.40. The number of ether oxygens (including phenoxy) is 1. The summed E-state index contributed by atoms with van der Waals surface area (Å²) in [5.74, 6) is -13.1. The first-order valence-corrected chi connectivity index (χ1v) is 4.75. The zero-order valence-corrected chi connectivity index (χ0v) is 9.22. The third-order valence-electron chi connectivity index (χ3n) is 2.70. The summed E-state index contributed by atoms with van der Waals surface area (Å²) in [6.07, 6.45) is -19.2. The van der Waals surface area contributed by atoms with Gasteiger partial charge in [0.2, 0.25) is 0 Å². The summed E-state index contributed by atoms with van der Waals surface area (Å²) in [4.78, 5) is 0. The largest absolute Gasteiger partial charge is 0.438 e. The molecule has 0 aliphatic carbocycles. The van der Waals surface area contributed by atoms with Gasteiger partial charge in [-0.1, -0.05) is 0 Å². The highest BCUT2D eigenvalue weighted by atomic mass is 19.4. The van der Waals surface area contributed by atoms with Crippen molar-refractivity contribution < 1.29 is 53.0 Å². The molecule has 0 saturated carbocycles. The zero-order valence-electron chi connectivity index (χ0n) is 9.22. The quantitative estimate of drug-likeness (QED) is 0.566. The lowest BCUT2D eigenvalue weighted by molar-refractivity contribution is -0.427. The van der Waals surface area contributed by atoms with Gasteiger partial charge in [-0.3, -0.25) is 0 Å². The molecule has 1 saturated heterocycles. The first-order chi connectivity index (χ1) is 8.52. The van der Waals surface area contributed by atoms with Crippen molar-refractivity contribution in [2.45, 2.75) is 49.0 Å². The molecular weight excluding hydrogens is 321 g/mol. The number of alkyl halides is 11. The van der Waals surface area contributed by atoms with Gasteiger partial charge in [-0.15, -0.1) is 0 Å². The molecule has 20 heavy (non-hydrogen) atoms. The van der Waals surface area contributed by atoms with Gasteiger partial charge >= 0.3 is 29.9 Å². The summed E-state index contributed by atoms with van der Waals surface area (Å²) in [5, 5.41) is 0. The Balaban J connectivity index is 3.41. The van der Waals surface area contributed by atoms with Crippen LogP contribution in [0.15, 0.2) is 0 Å². The van der Waals surface area contributed by atoms with Crippen LogP contribution in [0.2, 0.25) is 0 Å². The molecule has 0 aromatic carbocycles. The van der Waals surface area contributed by atoms with Crippen LogP contribution in [0.3, 0.4) is 0 Å². The third-order valence-corrected chi connectivity index (χ3v) is 2.70. The van der Waals surface area contributed by atoms with E-state index in [2.05, 4.69) is 4.74 Å². The second kappa shape index (κ2) is 4.10. The Morgan fingerprint density at radius 3 is 1.20 bits per heavy atom. The molecule has 1 aliphatic rings. The molecule has 0 aromatic rings. The van der Waals surface area contributed by atoms with Crippen LogP contribution in [0.1, 0.15) is 6.92 Å². The van der Waals surface area contributed by atoms with Gasteiger partial charge in [0.05, 0.1) is 6.10 Å². The fourth-order valence-corrected chi connectivity index (χ4v) is 1.49. The number of halogens is 11. The predicted octanol–water partition coefficient (Wildman–Crippen LogP) is 3.88. The van der Waals surface area contributed by atoms with E-state index in [1.165, 1.54) is 0 Å². The van der Waals surface area contributed by atoms with Crippen molar-refractivity contribution >= 4 is 0 Å². The molecule has 0 amide bonds. The van der Waals surface area contributed by atoms with Gasteiger partial charge in [0.25, 0.3) is 0 Å². The molecule has 1 heterocycles. The van der Waals surface area contributed by atoms with E-state index >= 15 is 0 Å². The van der Waals surface area contributed by atoms with Crippen LogP contribution in [0, 0.1) is 0 Å². The number of epoxide rings is 1. The maximum Gasteiger partial charge on any atom is 0.438 e. The molecule has 1 nitrogen and oxygen atoms in total. The number of hydrogen-bond acceptors (Lipinski definition) is 1. The molecule has 0 N–H and O–H groups in total. The SMILES string of the molecule is CC1OC1C(F)(F)C(F)(F)C(F)(C(F)(F)F)C(F)(F)F. The summed E-state index contributed by atoms with van der Waals surface area (Å²) in [7, 11) is 0. The van der Waals surface area contributed by atoms with E-state index in [4.69, 9.17) is 0 Å². The smallest absolute Gasteiger partial charge is 0.363 e. The highest BCUT2D eigenvalue weighted by molar-refractivity contribution is 5.15. The minimum Gasteiger partial charge on any atom is -0.363 e. The Kier molecular flexibility index (Phi) is 3.54. The predicted molar refractivity (Wildman–Crippen MR) is 40.2 cm³/mol. The topological polar surface area (TPSA) is 12.5 Å². The molecule has 0 radical (unpaired) electrons. The van der Waals surface area contributed by atoms with Crippen molar-refractivity contribution in [3.05, 3.63) is 0 Å². The Bertz CT molecular complexity index is 367. The second-order valence-electron chi connectivity index (χ2n) is 4.11. The first-order valence-electron chi connectivity index (χ1n) is 4.75. The number of hydrogen-bond donors (Lipinski definition) is 0. The van der Waals surface area contributed by atoms with E-state index in [0.717, 1.165) is 0 Å². The number of rotatable bonds is 3. The molecule has 12 heteroatoms. The monoisotopic (exact) mass is 326 g/mol. The van der Waals surface area contributed by atoms with Crippen LogP contribution in [0.25, 0.3) is 0 Å². The van der Waals surface area contributed by atoms with E-state index in [0.29, 0.717) is 6.92 Å². The Hall–Kier alpha value is -0.810. The fourth-order valence-electron chi connectivity index (χ4n) is 1.49. The minimum absolute atomic E-state index is 0.704.